The van der Waals surface area contributed by atoms with Crippen LogP contribution in [0.25, 0.3) is 0 Å². The molecule has 20 atom stereocenters. The smallest absolute Gasteiger partial charge is 0.317 e. The molecule has 0 bridgehead atoms. The molecule has 19 N–H and O–H groups in total. The highest BCUT2D eigenvalue weighted by atomic mass is 16.7. The van der Waals surface area contributed by atoms with Gasteiger partial charge in [-0.05, 0) is 0 Å². The van der Waals surface area contributed by atoms with Crippen molar-refractivity contribution in [3.8, 4) is 0 Å². The number of ether oxygens (including phenoxy) is 8. The molecule has 2 amide bonds. The molecule has 0 saturated carbocycles. The van der Waals surface area contributed by atoms with Crippen molar-refractivity contribution < 1.29 is 159 Å². The molecule has 4 fully saturated rings. The number of carboxylic acid groups (broad SMARTS) is 3. The number of aliphatic carboxylic acids is 3. The number of hydrogen-bond acceptors (Lipinski definition) is 32. The number of carboxylic acids is 3. The van der Waals surface area contributed by atoms with Crippen LogP contribution in [0, 0.1) is 0 Å². The van der Waals surface area contributed by atoms with E-state index in [0.29, 0.717) is 0 Å². The standard InChI is InChI=1S/C46H81N5O32/c52-18-22-31(64)35(68)39(72)43(80-22)76-9-5-50(6-10-77-44-40(73)36(69)32(65)23(19-53)81-44)26(56)13-48(16-29(60)61)3-1-47(15-28(58)59)2-4-49(17-30(62)63)14-27(57)51(7-11-78-45-41(74)37(70)33(66)24(20-54)82-45)8-12-79-46-42(75)38(71)34(67)25(21-55)83-46/h22-25,31-46,52-55,64-75H,1-21H2,(H,58,59)(H,60,61)(H,62,63)/t22-,23-,24+,25+,31-,32-,33+,34+,35+,36+,37-,38-,39+,40+,41-,42-,43?,44?,45?,46?. The molecule has 4 saturated heterocycles. The van der Waals surface area contributed by atoms with Gasteiger partial charge in [-0.2, -0.15) is 0 Å². The number of rotatable bonds is 36. The topological polar surface area (TPSA) is 560 Å². The van der Waals surface area contributed by atoms with Gasteiger partial charge in [0.2, 0.25) is 11.8 Å². The van der Waals surface area contributed by atoms with Crippen LogP contribution >= 0.6 is 0 Å². The second-order valence-electron chi connectivity index (χ2n) is 19.9. The maximum absolute atomic E-state index is 14.0. The van der Waals surface area contributed by atoms with Crippen LogP contribution < -0.4 is 0 Å². The van der Waals surface area contributed by atoms with Crippen molar-refractivity contribution in [1.29, 1.82) is 0 Å². The molecular weight excluding hydrogens is 1130 g/mol. The summed E-state index contributed by atoms with van der Waals surface area (Å²) in [6, 6.07) is 0. The van der Waals surface area contributed by atoms with Crippen molar-refractivity contribution in [2.45, 2.75) is 123 Å². The molecule has 0 aromatic rings. The Balaban J connectivity index is 1.47. The lowest BCUT2D eigenvalue weighted by Crippen LogP contribution is -2.59. The highest BCUT2D eigenvalue weighted by Gasteiger charge is 2.47. The largest absolute Gasteiger partial charge is 0.480 e. The number of carbonyl (C=O) groups excluding carboxylic acids is 2. The van der Waals surface area contributed by atoms with Crippen LogP contribution in [0.15, 0.2) is 0 Å². The molecule has 37 heteroatoms. The first-order valence-electron chi connectivity index (χ1n) is 26.3. The van der Waals surface area contributed by atoms with Gasteiger partial charge in [0.15, 0.2) is 25.2 Å². The zero-order valence-electron chi connectivity index (χ0n) is 44.9. The van der Waals surface area contributed by atoms with Gasteiger partial charge in [0.1, 0.15) is 97.7 Å². The Bertz CT molecular complexity index is 1760. The number of aliphatic hydroxyl groups is 16. The fourth-order valence-electron chi connectivity index (χ4n) is 9.08. The number of hydrogen-bond donors (Lipinski definition) is 19. The van der Waals surface area contributed by atoms with Gasteiger partial charge >= 0.3 is 17.9 Å². The lowest BCUT2D eigenvalue weighted by Gasteiger charge is -2.40. The molecule has 0 aromatic carbocycles. The molecule has 0 aliphatic carbocycles. The average molecular weight is 1220 g/mol. The molecule has 482 valence electrons. The summed E-state index contributed by atoms with van der Waals surface area (Å²) in [4.78, 5) is 70.0. The molecule has 4 aliphatic heterocycles. The molecule has 4 rings (SSSR count). The monoisotopic (exact) mass is 1220 g/mol. The third-order valence-corrected chi connectivity index (χ3v) is 13.9. The molecule has 0 spiro atoms. The van der Waals surface area contributed by atoms with E-state index in [1.54, 1.807) is 0 Å². The first-order valence-corrected chi connectivity index (χ1v) is 26.3. The van der Waals surface area contributed by atoms with Crippen LogP contribution in [0.4, 0.5) is 0 Å². The van der Waals surface area contributed by atoms with Crippen molar-refractivity contribution in [1.82, 2.24) is 24.5 Å². The van der Waals surface area contributed by atoms with Crippen molar-refractivity contribution in [2.24, 2.45) is 0 Å². The van der Waals surface area contributed by atoms with Crippen LogP contribution in [0.5, 0.6) is 0 Å². The van der Waals surface area contributed by atoms with E-state index in [4.69, 9.17) is 37.9 Å². The minimum atomic E-state index is -1.83. The van der Waals surface area contributed by atoms with E-state index in [1.165, 1.54) is 4.90 Å². The van der Waals surface area contributed by atoms with Crippen LogP contribution in [0.2, 0.25) is 0 Å². The van der Waals surface area contributed by atoms with Crippen LogP contribution in [0.3, 0.4) is 0 Å². The fourth-order valence-corrected chi connectivity index (χ4v) is 9.08. The Morgan fingerprint density at radius 3 is 0.735 bits per heavy atom. The fraction of sp³-hybridized carbons (Fsp3) is 0.891. The summed E-state index contributed by atoms with van der Waals surface area (Å²) >= 11 is 0. The van der Waals surface area contributed by atoms with E-state index in [1.807, 2.05) is 0 Å². The van der Waals surface area contributed by atoms with Gasteiger partial charge in [-0.1, -0.05) is 0 Å². The van der Waals surface area contributed by atoms with Gasteiger partial charge in [0.25, 0.3) is 0 Å². The third kappa shape index (κ3) is 21.3. The van der Waals surface area contributed by atoms with E-state index in [9.17, 15) is 121 Å². The van der Waals surface area contributed by atoms with Gasteiger partial charge in [0, 0.05) is 52.4 Å². The quantitative estimate of drug-likeness (QED) is 0.0277. The molecule has 37 nitrogen and oxygen atoms in total. The summed E-state index contributed by atoms with van der Waals surface area (Å²) in [6.45, 7) is -11.8. The molecule has 0 radical (unpaired) electrons. The minimum absolute atomic E-state index is 0.307. The second-order valence-corrected chi connectivity index (χ2v) is 19.9. The molecule has 4 unspecified atom stereocenters. The summed E-state index contributed by atoms with van der Waals surface area (Å²) in [5.74, 6) is -5.96. The second kappa shape index (κ2) is 35.2. The predicted molar refractivity (Wildman–Crippen MR) is 264 cm³/mol. The van der Waals surface area contributed by atoms with Crippen molar-refractivity contribution in [3.63, 3.8) is 0 Å². The average Bonchev–Trinajstić information content (AvgIpc) is 3.56. The molecule has 0 aromatic heterocycles. The van der Waals surface area contributed by atoms with Crippen molar-refractivity contribution in [2.75, 3.05) is 138 Å². The van der Waals surface area contributed by atoms with Crippen LogP contribution in [-0.2, 0) is 61.9 Å². The molecular formula is C46H81N5O32. The highest BCUT2D eigenvalue weighted by molar-refractivity contribution is 5.80. The van der Waals surface area contributed by atoms with Gasteiger partial charge in [-0.25, -0.2) is 0 Å². The maximum atomic E-state index is 14.0. The first-order chi connectivity index (χ1) is 39.3. The van der Waals surface area contributed by atoms with Gasteiger partial charge in [0.05, 0.1) is 85.6 Å². The van der Waals surface area contributed by atoms with Crippen molar-refractivity contribution in [3.05, 3.63) is 0 Å². The van der Waals surface area contributed by atoms with Crippen LogP contribution in [0.1, 0.15) is 0 Å². The SMILES string of the molecule is O=C(O)CN(CCN(CC(=O)O)CC(=O)N(CCOC1O[C@H](CO)[C@@H](O)[C@H](O)[C@@H]1O)CCOC1O[C@H](CO)[C@@H](O)[C@H](O)[C@@H]1O)CCN(CC(=O)O)CC(=O)N(CCOC1O[C@@H](CO)[C@H](O)[C@@H](O)[C@H]1O)CCOC1O[C@@H](CO)[C@H](O)[C@@H](O)[C@H]1O. The van der Waals surface area contributed by atoms with Crippen LogP contribution in [-0.4, -0.2) is 412 Å². The van der Waals surface area contributed by atoms with E-state index in [0.717, 1.165) is 19.6 Å². The van der Waals surface area contributed by atoms with E-state index in [2.05, 4.69) is 0 Å². The van der Waals surface area contributed by atoms with E-state index in [-0.39, 0.29) is 26.2 Å². The normalized spacial score (nSPS) is 34.1. The van der Waals surface area contributed by atoms with E-state index >= 15 is 0 Å². The lowest BCUT2D eigenvalue weighted by atomic mass is 9.99. The summed E-state index contributed by atoms with van der Waals surface area (Å²) in [7, 11) is 0. The maximum Gasteiger partial charge on any atom is 0.317 e. The summed E-state index contributed by atoms with van der Waals surface area (Å²) < 4.78 is 43.5. The molecule has 4 heterocycles. The number of carbonyl (C=O) groups is 5. The summed E-state index contributed by atoms with van der Waals surface area (Å²) in [6.07, 6.45) is -33.5. The first kappa shape index (κ1) is 71.7. The molecule has 4 aliphatic rings. The number of aliphatic hydroxyl groups excluding tert-OH is 16. The number of amides is 2. The third-order valence-electron chi connectivity index (χ3n) is 13.9. The summed E-state index contributed by atoms with van der Waals surface area (Å²) in [5.41, 5.74) is 0. The molecule has 83 heavy (non-hydrogen) atoms. The van der Waals surface area contributed by atoms with Gasteiger partial charge in [-0.3, -0.25) is 38.7 Å². The predicted octanol–water partition coefficient (Wildman–Crippen LogP) is -13.9. The lowest BCUT2D eigenvalue weighted by molar-refractivity contribution is -0.303. The van der Waals surface area contributed by atoms with Gasteiger partial charge in [-0.15, -0.1) is 0 Å². The van der Waals surface area contributed by atoms with Crippen molar-refractivity contribution >= 4 is 29.7 Å². The highest BCUT2D eigenvalue weighted by Crippen LogP contribution is 2.26. The Morgan fingerprint density at radius 1 is 0.301 bits per heavy atom. The Kier molecular flexibility index (Phi) is 30.4. The Labute approximate surface area is 473 Å². The zero-order chi connectivity index (χ0) is 61.8. The number of nitrogens with zero attached hydrogens (tertiary/aromatic N) is 5. The van der Waals surface area contributed by atoms with Gasteiger partial charge < -0.3 is 145 Å². The minimum Gasteiger partial charge on any atom is -0.480 e. The Morgan fingerprint density at radius 2 is 0.518 bits per heavy atom. The zero-order valence-corrected chi connectivity index (χ0v) is 44.9. The summed E-state index contributed by atoms with van der Waals surface area (Å²) in [5, 5.41) is 191. The Hall–Kier alpha value is -3.73. The van der Waals surface area contributed by atoms with E-state index < -0.39 is 264 Å².